The van der Waals surface area contributed by atoms with Crippen LogP contribution in [0.1, 0.15) is 18.5 Å². The van der Waals surface area contributed by atoms with Crippen molar-refractivity contribution in [3.8, 4) is 5.75 Å². The minimum Gasteiger partial charge on any atom is -0.508 e. The second kappa shape index (κ2) is 4.66. The Bertz CT molecular complexity index is 554. The number of carbonyl (C=O) groups is 1. The fraction of sp³-hybridized carbons (Fsp3) is 0.167. The van der Waals surface area contributed by atoms with Gasteiger partial charge in [0.25, 0.3) is 0 Å². The number of primary amides is 1. The number of nitrogens with two attached hydrogens (primary N) is 1. The first-order valence-corrected chi connectivity index (χ1v) is 5.77. The van der Waals surface area contributed by atoms with Crippen molar-refractivity contribution in [1.82, 2.24) is 10.6 Å². The zero-order valence-electron chi connectivity index (χ0n) is 9.73. The van der Waals surface area contributed by atoms with E-state index in [-0.39, 0.29) is 5.75 Å². The van der Waals surface area contributed by atoms with Crippen LogP contribution in [0.25, 0.3) is 0 Å². The molecule has 1 atom stereocenters. The third kappa shape index (κ3) is 2.28. The lowest BCUT2D eigenvalue weighted by Gasteiger charge is -2.29. The lowest BCUT2D eigenvalue weighted by atomic mass is 9.95. The Balaban J connectivity index is 2.50. The van der Waals surface area contributed by atoms with Crippen molar-refractivity contribution < 1.29 is 9.90 Å². The van der Waals surface area contributed by atoms with Crippen molar-refractivity contribution in [2.45, 2.75) is 13.0 Å². The van der Waals surface area contributed by atoms with Crippen LogP contribution in [0.4, 0.5) is 0 Å². The summed E-state index contributed by atoms with van der Waals surface area (Å²) in [6.45, 7) is 1.74. The van der Waals surface area contributed by atoms with Gasteiger partial charge in [0, 0.05) is 5.70 Å². The summed E-state index contributed by atoms with van der Waals surface area (Å²) in [5.74, 6) is -0.399. The number of hydrogen-bond donors (Lipinski definition) is 4. The molecular formula is C12H13N3O2S. The molecule has 1 aromatic rings. The van der Waals surface area contributed by atoms with E-state index in [2.05, 4.69) is 10.6 Å². The zero-order chi connectivity index (χ0) is 13.3. The van der Waals surface area contributed by atoms with Gasteiger partial charge in [-0.1, -0.05) is 12.1 Å². The highest BCUT2D eigenvalue weighted by molar-refractivity contribution is 7.80. The standard InChI is InChI=1S/C12H13N3O2S/c1-6-9(11(13)17)10(15-12(18)14-6)7-3-2-4-8(16)5-7/h2-5,10,16H,1H3,(H2,13,17)(H2,14,15,18)/t10-/m0/s1. The van der Waals surface area contributed by atoms with Crippen molar-refractivity contribution in [1.29, 1.82) is 0 Å². The maximum Gasteiger partial charge on any atom is 0.248 e. The largest absolute Gasteiger partial charge is 0.508 e. The van der Waals surface area contributed by atoms with Gasteiger partial charge >= 0.3 is 0 Å². The van der Waals surface area contributed by atoms with Crippen LogP contribution in [0.15, 0.2) is 35.5 Å². The highest BCUT2D eigenvalue weighted by Gasteiger charge is 2.28. The summed E-state index contributed by atoms with van der Waals surface area (Å²) in [7, 11) is 0. The maximum absolute atomic E-state index is 11.5. The molecule has 0 saturated heterocycles. The smallest absolute Gasteiger partial charge is 0.248 e. The van der Waals surface area contributed by atoms with Crippen LogP contribution in [-0.2, 0) is 4.79 Å². The van der Waals surface area contributed by atoms with Crippen molar-refractivity contribution in [3.05, 3.63) is 41.1 Å². The van der Waals surface area contributed by atoms with E-state index in [0.717, 1.165) is 5.56 Å². The Kier molecular flexibility index (Phi) is 3.20. The molecule has 5 nitrogen and oxygen atoms in total. The molecule has 18 heavy (non-hydrogen) atoms. The maximum atomic E-state index is 11.5. The van der Waals surface area contributed by atoms with Gasteiger partial charge < -0.3 is 21.5 Å². The van der Waals surface area contributed by atoms with Gasteiger partial charge in [0.1, 0.15) is 5.75 Å². The summed E-state index contributed by atoms with van der Waals surface area (Å²) in [5, 5.41) is 15.7. The first-order chi connectivity index (χ1) is 8.49. The number of phenolic OH excluding ortho intramolecular Hbond substituents is 1. The van der Waals surface area contributed by atoms with E-state index in [1.165, 1.54) is 0 Å². The monoisotopic (exact) mass is 263 g/mol. The molecule has 1 amide bonds. The van der Waals surface area contributed by atoms with Gasteiger partial charge in [-0.25, -0.2) is 0 Å². The summed E-state index contributed by atoms with van der Waals surface area (Å²) in [6, 6.07) is 6.18. The molecule has 0 fully saturated rings. The van der Waals surface area contributed by atoms with Crippen LogP contribution in [0, 0.1) is 0 Å². The van der Waals surface area contributed by atoms with Crippen molar-refractivity contribution in [3.63, 3.8) is 0 Å². The number of hydrogen-bond acceptors (Lipinski definition) is 3. The van der Waals surface area contributed by atoms with E-state index in [0.29, 0.717) is 16.4 Å². The van der Waals surface area contributed by atoms with E-state index < -0.39 is 11.9 Å². The van der Waals surface area contributed by atoms with E-state index in [9.17, 15) is 9.90 Å². The Morgan fingerprint density at radius 1 is 1.50 bits per heavy atom. The van der Waals surface area contributed by atoms with E-state index in [1.54, 1.807) is 31.2 Å². The average Bonchev–Trinajstić information content (AvgIpc) is 2.27. The number of aromatic hydroxyl groups is 1. The van der Waals surface area contributed by atoms with Crippen LogP contribution < -0.4 is 16.4 Å². The fourth-order valence-electron chi connectivity index (χ4n) is 1.97. The number of amides is 1. The molecule has 1 aromatic carbocycles. The Morgan fingerprint density at radius 3 is 2.83 bits per heavy atom. The molecule has 6 heteroatoms. The minimum atomic E-state index is -0.525. The number of carbonyl (C=O) groups excluding carboxylic acids is 1. The van der Waals surface area contributed by atoms with Crippen molar-refractivity contribution in [2.75, 3.05) is 0 Å². The van der Waals surface area contributed by atoms with Gasteiger partial charge in [-0.05, 0) is 36.8 Å². The predicted molar refractivity (Wildman–Crippen MR) is 71.6 cm³/mol. The number of nitrogens with one attached hydrogen (secondary N) is 2. The molecule has 1 aliphatic rings. The number of rotatable bonds is 2. The number of phenols is 1. The van der Waals surface area contributed by atoms with Crippen LogP contribution >= 0.6 is 12.2 Å². The van der Waals surface area contributed by atoms with Crippen molar-refractivity contribution in [2.24, 2.45) is 5.73 Å². The second-order valence-corrected chi connectivity index (χ2v) is 4.44. The van der Waals surface area contributed by atoms with E-state index in [4.69, 9.17) is 18.0 Å². The zero-order valence-corrected chi connectivity index (χ0v) is 10.5. The summed E-state index contributed by atoms with van der Waals surface area (Å²) in [4.78, 5) is 11.5. The van der Waals surface area contributed by atoms with Crippen molar-refractivity contribution >= 4 is 23.2 Å². The molecule has 1 aliphatic heterocycles. The van der Waals surface area contributed by atoms with Gasteiger partial charge in [-0.2, -0.15) is 0 Å². The summed E-state index contributed by atoms with van der Waals surface area (Å²) < 4.78 is 0. The third-order valence-corrected chi connectivity index (χ3v) is 2.96. The minimum absolute atomic E-state index is 0.125. The normalized spacial score (nSPS) is 19.2. The summed E-state index contributed by atoms with van der Waals surface area (Å²) in [6.07, 6.45) is 0. The van der Waals surface area contributed by atoms with Gasteiger partial charge in [0.2, 0.25) is 5.91 Å². The number of benzene rings is 1. The van der Waals surface area contributed by atoms with Crippen LogP contribution in [0.2, 0.25) is 0 Å². The van der Waals surface area contributed by atoms with Crippen LogP contribution in [0.3, 0.4) is 0 Å². The summed E-state index contributed by atoms with van der Waals surface area (Å²) in [5.41, 5.74) is 7.15. The average molecular weight is 263 g/mol. The quantitative estimate of drug-likeness (QED) is 0.589. The lowest BCUT2D eigenvalue weighted by Crippen LogP contribution is -2.46. The molecule has 0 unspecified atom stereocenters. The SMILES string of the molecule is CC1=C(C(N)=O)[C@H](c2cccc(O)c2)NC(=S)N1. The van der Waals surface area contributed by atoms with Crippen LogP contribution in [0.5, 0.6) is 5.75 Å². The Hall–Kier alpha value is -2.08. The molecule has 0 aliphatic carbocycles. The van der Waals surface area contributed by atoms with Gasteiger partial charge in [-0.3, -0.25) is 4.79 Å². The topological polar surface area (TPSA) is 87.4 Å². The molecule has 0 bridgehead atoms. The first kappa shape index (κ1) is 12.4. The second-order valence-electron chi connectivity index (χ2n) is 4.03. The van der Waals surface area contributed by atoms with E-state index in [1.807, 2.05) is 0 Å². The lowest BCUT2D eigenvalue weighted by molar-refractivity contribution is -0.115. The Labute approximate surface area is 110 Å². The number of allylic oxidation sites excluding steroid dienone is 1. The van der Waals surface area contributed by atoms with E-state index >= 15 is 0 Å². The molecule has 2 rings (SSSR count). The molecule has 0 radical (unpaired) electrons. The molecule has 0 spiro atoms. The number of thiocarbonyl (C=S) groups is 1. The first-order valence-electron chi connectivity index (χ1n) is 5.36. The molecule has 1 heterocycles. The fourth-order valence-corrected chi connectivity index (χ4v) is 2.25. The molecule has 0 aromatic heterocycles. The van der Waals surface area contributed by atoms with Gasteiger partial charge in [-0.15, -0.1) is 0 Å². The molecule has 0 saturated carbocycles. The van der Waals surface area contributed by atoms with Gasteiger partial charge in [0.15, 0.2) is 5.11 Å². The molecule has 94 valence electrons. The predicted octanol–water partition coefficient (Wildman–Crippen LogP) is 0.670. The Morgan fingerprint density at radius 2 is 2.22 bits per heavy atom. The highest BCUT2D eigenvalue weighted by atomic mass is 32.1. The van der Waals surface area contributed by atoms with Crippen LogP contribution in [-0.4, -0.2) is 16.1 Å². The highest BCUT2D eigenvalue weighted by Crippen LogP contribution is 2.28. The third-order valence-electron chi connectivity index (χ3n) is 2.74. The molecule has 5 N–H and O–H groups in total. The molecular weight excluding hydrogens is 250 g/mol. The van der Waals surface area contributed by atoms with Gasteiger partial charge in [0.05, 0.1) is 11.6 Å². The summed E-state index contributed by atoms with van der Waals surface area (Å²) >= 11 is 5.06.